The van der Waals surface area contributed by atoms with E-state index in [0.29, 0.717) is 5.56 Å². The fourth-order valence-corrected chi connectivity index (χ4v) is 4.21. The zero-order valence-electron chi connectivity index (χ0n) is 7.08. The summed E-state index contributed by atoms with van der Waals surface area (Å²) in [5.41, 5.74) is 0.643. The molecule has 0 N–H and O–H groups in total. The van der Waals surface area contributed by atoms with Crippen LogP contribution < -0.4 is 0 Å². The van der Waals surface area contributed by atoms with Crippen molar-refractivity contribution in [1.29, 1.82) is 0 Å². The summed E-state index contributed by atoms with van der Waals surface area (Å²) in [6.45, 7) is 0. The Kier molecular flexibility index (Phi) is 2.43. The van der Waals surface area contributed by atoms with Gasteiger partial charge in [0.1, 0.15) is 0 Å². The van der Waals surface area contributed by atoms with E-state index in [0.717, 1.165) is 3.57 Å². The van der Waals surface area contributed by atoms with Crippen molar-refractivity contribution in [3.63, 3.8) is 0 Å². The van der Waals surface area contributed by atoms with Crippen molar-refractivity contribution >= 4 is 26.2 Å². The van der Waals surface area contributed by atoms with Crippen molar-refractivity contribution in [3.8, 4) is 22.2 Å². The van der Waals surface area contributed by atoms with Crippen LogP contribution in [0.25, 0.3) is 0 Å². The Morgan fingerprint density at radius 3 is 2.93 bits per heavy atom. The molecule has 2 nitrogen and oxygen atoms in total. The molecule has 0 spiro atoms. The van der Waals surface area contributed by atoms with E-state index in [-0.39, 0.29) is 5.97 Å². The molecule has 1 aliphatic rings. The van der Waals surface area contributed by atoms with Crippen LogP contribution in [0, 0.1) is 25.8 Å². The number of carbonyl (C=O) groups excluding carboxylic acids is 1. The maximum atomic E-state index is 11.3. The third kappa shape index (κ3) is 1.47. The molecule has 0 unspecified atom stereocenters. The van der Waals surface area contributed by atoms with Gasteiger partial charge in [0.05, 0.1) is 0 Å². The first-order valence-electron chi connectivity index (χ1n) is 3.81. The zero-order valence-corrected chi connectivity index (χ0v) is 9.24. The molecule has 1 aromatic carbocycles. The molecule has 3 heteroatoms. The van der Waals surface area contributed by atoms with Gasteiger partial charge in [0.2, 0.25) is 0 Å². The van der Waals surface area contributed by atoms with Crippen LogP contribution in [0.2, 0.25) is 0 Å². The van der Waals surface area contributed by atoms with E-state index in [1.54, 1.807) is 6.07 Å². The van der Waals surface area contributed by atoms with E-state index >= 15 is 0 Å². The maximum absolute atomic E-state index is 11.3. The molecular weight excluding hydrogens is 291 g/mol. The first-order valence-corrected chi connectivity index (χ1v) is 6.84. The second-order valence-electron chi connectivity index (χ2n) is 2.46. The molecule has 1 aliphatic heterocycles. The van der Waals surface area contributed by atoms with Crippen molar-refractivity contribution in [2.24, 2.45) is 0 Å². The third-order valence-corrected chi connectivity index (χ3v) is 5.23. The van der Waals surface area contributed by atoms with Crippen molar-refractivity contribution in [1.82, 2.24) is 0 Å². The number of terminal acetylenes is 1. The number of benzene rings is 1. The van der Waals surface area contributed by atoms with Crippen molar-refractivity contribution in [2.45, 2.75) is 0 Å². The predicted molar refractivity (Wildman–Crippen MR) is 61.2 cm³/mol. The summed E-state index contributed by atoms with van der Waals surface area (Å²) >= 11 is -2.09. The van der Waals surface area contributed by atoms with E-state index in [9.17, 15) is 4.79 Å². The Labute approximate surface area is 89.6 Å². The number of hydrogen-bond donors (Lipinski definition) is 0. The molecule has 0 saturated heterocycles. The molecule has 0 radical (unpaired) electrons. The van der Waals surface area contributed by atoms with Crippen LogP contribution in [-0.4, -0.2) is 5.97 Å². The van der Waals surface area contributed by atoms with Gasteiger partial charge in [-0.2, -0.15) is 0 Å². The molecular formula is C11H5IO2. The van der Waals surface area contributed by atoms with Gasteiger partial charge in [-0.1, -0.05) is 0 Å². The SMILES string of the molecule is C#CC#CI1OC(=O)c2ccccc21. The van der Waals surface area contributed by atoms with Gasteiger partial charge in [0.25, 0.3) is 0 Å². The van der Waals surface area contributed by atoms with Gasteiger partial charge in [0, 0.05) is 0 Å². The van der Waals surface area contributed by atoms with Gasteiger partial charge in [0.15, 0.2) is 0 Å². The van der Waals surface area contributed by atoms with E-state index in [4.69, 9.17) is 9.49 Å². The Morgan fingerprint density at radius 2 is 2.14 bits per heavy atom. The second-order valence-corrected chi connectivity index (χ2v) is 6.02. The average molecular weight is 296 g/mol. The Balaban J connectivity index is 2.45. The molecule has 68 valence electrons. The average Bonchev–Trinajstić information content (AvgIpc) is 2.54. The molecule has 1 heterocycles. The minimum absolute atomic E-state index is 0.267. The zero-order chi connectivity index (χ0) is 9.97. The summed E-state index contributed by atoms with van der Waals surface area (Å²) in [6, 6.07) is 7.33. The summed E-state index contributed by atoms with van der Waals surface area (Å²) in [4.78, 5) is 11.3. The number of carbonyl (C=O) groups is 1. The number of fused-ring (bicyclic) bond motifs is 1. The van der Waals surface area contributed by atoms with Gasteiger partial charge in [-0.05, 0) is 0 Å². The van der Waals surface area contributed by atoms with Gasteiger partial charge in [-0.3, -0.25) is 0 Å². The Hall–Kier alpha value is -1.46. The Morgan fingerprint density at radius 1 is 1.36 bits per heavy atom. The van der Waals surface area contributed by atoms with Crippen LogP contribution in [0.4, 0.5) is 0 Å². The standard InChI is InChI=1S/C11H5IO2/c1-2-3-8-12-10-7-5-4-6-9(10)11(13)14-12/h1,4-7H. The Bertz CT molecular complexity index is 488. The summed E-state index contributed by atoms with van der Waals surface area (Å²) in [5, 5.41) is 0. The number of halogens is 1. The quantitative estimate of drug-likeness (QED) is 0.541. The van der Waals surface area contributed by atoms with Crippen molar-refractivity contribution in [3.05, 3.63) is 33.4 Å². The van der Waals surface area contributed by atoms with Crippen molar-refractivity contribution < 1.29 is 7.86 Å². The summed E-state index contributed by atoms with van der Waals surface area (Å²) < 4.78 is 8.98. The monoisotopic (exact) mass is 296 g/mol. The molecule has 0 aromatic heterocycles. The van der Waals surface area contributed by atoms with Crippen LogP contribution in [-0.2, 0) is 3.07 Å². The first kappa shape index (κ1) is 9.11. The van der Waals surface area contributed by atoms with E-state index in [2.05, 4.69) is 15.8 Å². The van der Waals surface area contributed by atoms with E-state index < -0.39 is 20.2 Å². The molecule has 0 aliphatic carbocycles. The fourth-order valence-electron chi connectivity index (χ4n) is 1.07. The molecule has 0 fully saturated rings. The van der Waals surface area contributed by atoms with Crippen LogP contribution in [0.3, 0.4) is 0 Å². The number of hydrogen-bond acceptors (Lipinski definition) is 2. The van der Waals surface area contributed by atoms with Crippen LogP contribution in [0.15, 0.2) is 24.3 Å². The normalized spacial score (nSPS) is 14.8. The second kappa shape index (κ2) is 3.73. The minimum atomic E-state index is -2.09. The van der Waals surface area contributed by atoms with Crippen LogP contribution >= 0.6 is 20.2 Å². The summed E-state index contributed by atoms with van der Waals surface area (Å²) in [6.07, 6.45) is 5.02. The van der Waals surface area contributed by atoms with Gasteiger partial charge >= 0.3 is 89.7 Å². The van der Waals surface area contributed by atoms with Gasteiger partial charge in [-0.25, -0.2) is 0 Å². The first-order chi connectivity index (χ1) is 6.83. The summed E-state index contributed by atoms with van der Waals surface area (Å²) in [5.74, 6) is 4.48. The van der Waals surface area contributed by atoms with Gasteiger partial charge in [-0.15, -0.1) is 0 Å². The van der Waals surface area contributed by atoms with Crippen molar-refractivity contribution in [2.75, 3.05) is 0 Å². The fraction of sp³-hybridized carbons (Fsp3) is 0. The van der Waals surface area contributed by atoms with E-state index in [1.807, 2.05) is 18.2 Å². The van der Waals surface area contributed by atoms with Crippen LogP contribution in [0.1, 0.15) is 10.4 Å². The number of rotatable bonds is 0. The molecule has 0 amide bonds. The molecule has 0 bridgehead atoms. The van der Waals surface area contributed by atoms with E-state index in [1.165, 1.54) is 0 Å². The molecule has 0 saturated carbocycles. The molecule has 0 atom stereocenters. The third-order valence-electron chi connectivity index (χ3n) is 1.63. The van der Waals surface area contributed by atoms with Crippen LogP contribution in [0.5, 0.6) is 0 Å². The molecule has 1 aromatic rings. The predicted octanol–water partition coefficient (Wildman–Crippen LogP) is 2.04. The molecule has 2 rings (SSSR count). The topological polar surface area (TPSA) is 26.3 Å². The molecule has 14 heavy (non-hydrogen) atoms. The van der Waals surface area contributed by atoms with Gasteiger partial charge < -0.3 is 0 Å². The summed E-state index contributed by atoms with van der Waals surface area (Å²) in [7, 11) is 0.